The van der Waals surface area contributed by atoms with Gasteiger partial charge in [-0.1, -0.05) is 30.3 Å². The second-order valence-corrected chi connectivity index (χ2v) is 6.83. The molecule has 5 unspecified atom stereocenters. The molecule has 0 aromatic heterocycles. The molecule has 1 saturated carbocycles. The maximum Gasteiger partial charge on any atom is 0.191 e. The fraction of sp³-hybridized carbons (Fsp3) is 0.611. The van der Waals surface area contributed by atoms with Gasteiger partial charge in [0.25, 0.3) is 0 Å². The predicted molar refractivity (Wildman–Crippen MR) is 104 cm³/mol. The molecule has 1 aliphatic carbocycles. The van der Waals surface area contributed by atoms with Gasteiger partial charge >= 0.3 is 0 Å². The summed E-state index contributed by atoms with van der Waals surface area (Å²) in [6.07, 6.45) is 5.70. The molecule has 23 heavy (non-hydrogen) atoms. The monoisotopic (exact) mass is 427 g/mol. The Balaban J connectivity index is 0.00000156. The van der Waals surface area contributed by atoms with Gasteiger partial charge in [0.15, 0.2) is 5.96 Å². The number of aliphatic imine (C=N–C) groups is 1. The van der Waals surface area contributed by atoms with E-state index >= 15 is 0 Å². The van der Waals surface area contributed by atoms with Crippen molar-refractivity contribution < 1.29 is 4.74 Å². The Kier molecular flexibility index (Phi) is 5.46. The van der Waals surface area contributed by atoms with E-state index in [0.717, 1.165) is 30.8 Å². The smallest absolute Gasteiger partial charge is 0.191 e. The van der Waals surface area contributed by atoms with E-state index in [1.807, 2.05) is 7.05 Å². The molecule has 2 N–H and O–H groups in total. The topological polar surface area (TPSA) is 45.7 Å². The molecular formula is C18H26IN3O. The molecule has 2 heterocycles. The van der Waals surface area contributed by atoms with E-state index in [1.54, 1.807) is 0 Å². The summed E-state index contributed by atoms with van der Waals surface area (Å²) in [4.78, 5) is 4.37. The SMILES string of the molecule is CN=C(NCC1CC1c1ccccc1)NC1CC2CCC1O2.I. The minimum atomic E-state index is 0. The van der Waals surface area contributed by atoms with Crippen LogP contribution in [0.5, 0.6) is 0 Å². The summed E-state index contributed by atoms with van der Waals surface area (Å²) in [6.45, 7) is 1.00. The van der Waals surface area contributed by atoms with Gasteiger partial charge in [0.2, 0.25) is 0 Å². The maximum atomic E-state index is 5.90. The van der Waals surface area contributed by atoms with Crippen LogP contribution in [0, 0.1) is 5.92 Å². The molecule has 2 bridgehead atoms. The normalized spacial score (nSPS) is 34.8. The van der Waals surface area contributed by atoms with Crippen molar-refractivity contribution in [3.63, 3.8) is 0 Å². The van der Waals surface area contributed by atoms with Crippen LogP contribution in [-0.4, -0.2) is 37.8 Å². The lowest BCUT2D eigenvalue weighted by molar-refractivity contribution is 0.0992. The van der Waals surface area contributed by atoms with Crippen molar-refractivity contribution in [2.75, 3.05) is 13.6 Å². The zero-order valence-corrected chi connectivity index (χ0v) is 15.9. The first-order chi connectivity index (χ1) is 10.8. The average molecular weight is 427 g/mol. The number of hydrogen-bond donors (Lipinski definition) is 2. The van der Waals surface area contributed by atoms with Crippen LogP contribution < -0.4 is 10.6 Å². The van der Waals surface area contributed by atoms with Crippen LogP contribution in [0.15, 0.2) is 35.3 Å². The highest BCUT2D eigenvalue weighted by atomic mass is 127. The highest BCUT2D eigenvalue weighted by Crippen LogP contribution is 2.46. The second-order valence-electron chi connectivity index (χ2n) is 6.83. The van der Waals surface area contributed by atoms with Crippen molar-refractivity contribution in [3.8, 4) is 0 Å². The van der Waals surface area contributed by atoms with Gasteiger partial charge < -0.3 is 15.4 Å². The van der Waals surface area contributed by atoms with Gasteiger partial charge in [0, 0.05) is 13.6 Å². The van der Waals surface area contributed by atoms with Gasteiger partial charge in [-0.25, -0.2) is 0 Å². The Morgan fingerprint density at radius 2 is 2.04 bits per heavy atom. The first kappa shape index (κ1) is 17.0. The molecule has 1 aromatic rings. The van der Waals surface area contributed by atoms with Crippen molar-refractivity contribution >= 4 is 29.9 Å². The van der Waals surface area contributed by atoms with Crippen LogP contribution in [0.25, 0.3) is 0 Å². The number of rotatable bonds is 4. The Labute approximate surface area is 155 Å². The zero-order chi connectivity index (χ0) is 14.9. The number of nitrogens with zero attached hydrogens (tertiary/aromatic N) is 1. The Morgan fingerprint density at radius 3 is 2.70 bits per heavy atom. The number of hydrogen-bond acceptors (Lipinski definition) is 2. The van der Waals surface area contributed by atoms with Crippen molar-refractivity contribution in [2.45, 2.75) is 49.9 Å². The van der Waals surface area contributed by atoms with Gasteiger partial charge in [0.1, 0.15) is 0 Å². The fourth-order valence-corrected chi connectivity index (χ4v) is 3.97. The van der Waals surface area contributed by atoms with Crippen LogP contribution in [-0.2, 0) is 4.74 Å². The minimum absolute atomic E-state index is 0. The molecule has 0 amide bonds. The molecule has 1 aromatic carbocycles. The lowest BCUT2D eigenvalue weighted by atomic mass is 9.96. The van der Waals surface area contributed by atoms with E-state index in [0.29, 0.717) is 18.2 Å². The summed E-state index contributed by atoms with van der Waals surface area (Å²) < 4.78 is 5.90. The Bertz CT molecular complexity index is 550. The highest BCUT2D eigenvalue weighted by molar-refractivity contribution is 14.0. The third-order valence-corrected chi connectivity index (χ3v) is 5.33. The van der Waals surface area contributed by atoms with Crippen LogP contribution in [0.4, 0.5) is 0 Å². The standard InChI is InChI=1S/C18H25N3O.HI/c1-19-18(21-16-10-14-7-8-17(16)22-14)20-11-13-9-15(13)12-5-3-2-4-6-12;/h2-6,13-17H,7-11H2,1H3,(H2,19,20,21);1H. The molecule has 3 aliphatic rings. The molecule has 2 aliphatic heterocycles. The summed E-state index contributed by atoms with van der Waals surface area (Å²) in [7, 11) is 1.85. The summed E-state index contributed by atoms with van der Waals surface area (Å²) >= 11 is 0. The van der Waals surface area contributed by atoms with Crippen LogP contribution in [0.3, 0.4) is 0 Å². The molecule has 2 saturated heterocycles. The third-order valence-electron chi connectivity index (χ3n) is 5.33. The molecule has 4 nitrogen and oxygen atoms in total. The quantitative estimate of drug-likeness (QED) is 0.442. The van der Waals surface area contributed by atoms with Crippen molar-refractivity contribution in [3.05, 3.63) is 35.9 Å². The van der Waals surface area contributed by atoms with Gasteiger partial charge in [-0.15, -0.1) is 24.0 Å². The van der Waals surface area contributed by atoms with Crippen LogP contribution in [0.1, 0.15) is 37.2 Å². The van der Waals surface area contributed by atoms with E-state index in [1.165, 1.54) is 24.8 Å². The molecule has 126 valence electrons. The number of ether oxygens (including phenoxy) is 1. The lowest BCUT2D eigenvalue weighted by Gasteiger charge is -2.22. The van der Waals surface area contributed by atoms with Crippen LogP contribution >= 0.6 is 24.0 Å². The highest BCUT2D eigenvalue weighted by Gasteiger charge is 2.41. The van der Waals surface area contributed by atoms with Gasteiger partial charge in [-0.3, -0.25) is 4.99 Å². The van der Waals surface area contributed by atoms with Crippen molar-refractivity contribution in [1.82, 2.24) is 10.6 Å². The number of guanidine groups is 1. The summed E-state index contributed by atoms with van der Waals surface area (Å²) in [5.74, 6) is 2.38. The Morgan fingerprint density at radius 1 is 1.22 bits per heavy atom. The zero-order valence-electron chi connectivity index (χ0n) is 13.6. The van der Waals surface area contributed by atoms with E-state index in [9.17, 15) is 0 Å². The fourth-order valence-electron chi connectivity index (χ4n) is 3.97. The van der Waals surface area contributed by atoms with Gasteiger partial charge in [-0.2, -0.15) is 0 Å². The molecular weight excluding hydrogens is 401 g/mol. The molecule has 5 atom stereocenters. The lowest BCUT2D eigenvalue weighted by Crippen LogP contribution is -2.47. The molecule has 0 radical (unpaired) electrons. The molecule has 4 rings (SSSR count). The van der Waals surface area contributed by atoms with Gasteiger partial charge in [-0.05, 0) is 43.1 Å². The molecule has 5 heteroatoms. The molecule has 0 spiro atoms. The number of fused-ring (bicyclic) bond motifs is 2. The van der Waals surface area contributed by atoms with Gasteiger partial charge in [0.05, 0.1) is 18.2 Å². The first-order valence-corrected chi connectivity index (χ1v) is 8.51. The molecule has 3 fully saturated rings. The van der Waals surface area contributed by atoms with Crippen LogP contribution in [0.2, 0.25) is 0 Å². The second kappa shape index (κ2) is 7.38. The number of benzene rings is 1. The predicted octanol–water partition coefficient (Wildman–Crippen LogP) is 2.89. The maximum absolute atomic E-state index is 5.90. The third kappa shape index (κ3) is 3.82. The number of halogens is 1. The minimum Gasteiger partial charge on any atom is -0.373 e. The Hall–Kier alpha value is -0.820. The number of nitrogens with one attached hydrogen (secondary N) is 2. The summed E-state index contributed by atoms with van der Waals surface area (Å²) in [5, 5.41) is 7.05. The summed E-state index contributed by atoms with van der Waals surface area (Å²) in [5.41, 5.74) is 1.47. The van der Waals surface area contributed by atoms with E-state index in [-0.39, 0.29) is 24.0 Å². The van der Waals surface area contributed by atoms with E-state index in [2.05, 4.69) is 46.0 Å². The summed E-state index contributed by atoms with van der Waals surface area (Å²) in [6, 6.07) is 11.3. The first-order valence-electron chi connectivity index (χ1n) is 8.51. The largest absolute Gasteiger partial charge is 0.373 e. The van der Waals surface area contributed by atoms with E-state index < -0.39 is 0 Å². The average Bonchev–Trinajstić information content (AvgIpc) is 3.04. The van der Waals surface area contributed by atoms with Crippen molar-refractivity contribution in [2.24, 2.45) is 10.9 Å². The van der Waals surface area contributed by atoms with Crippen molar-refractivity contribution in [1.29, 1.82) is 0 Å². The van der Waals surface area contributed by atoms with E-state index in [4.69, 9.17) is 4.74 Å².